The van der Waals surface area contributed by atoms with E-state index >= 15 is 0 Å². The number of hydrogen-bond donors (Lipinski definition) is 1. The molecule has 0 amide bonds. The van der Waals surface area contributed by atoms with E-state index in [0.29, 0.717) is 22.9 Å². The molecule has 2 atom stereocenters. The van der Waals surface area contributed by atoms with Crippen molar-refractivity contribution in [3.8, 4) is 0 Å². The molecule has 2 heterocycles. The molecule has 0 radical (unpaired) electrons. The Hall–Kier alpha value is -0.470. The Bertz CT molecular complexity index is 567. The molecule has 1 aromatic heterocycles. The first-order valence-electron chi connectivity index (χ1n) is 6.73. The number of nitrogens with zero attached hydrogens (tertiary/aromatic N) is 1. The molecule has 0 bridgehead atoms. The van der Waals surface area contributed by atoms with Crippen molar-refractivity contribution >= 4 is 21.4 Å². The highest BCUT2D eigenvalue weighted by molar-refractivity contribution is 7.89. The number of morpholine rings is 1. The van der Waals surface area contributed by atoms with Crippen LogP contribution in [0, 0.1) is 6.92 Å². The first-order valence-corrected chi connectivity index (χ1v) is 8.99. The topological polar surface area (TPSA) is 66.8 Å². The van der Waals surface area contributed by atoms with Crippen molar-refractivity contribution in [2.24, 2.45) is 0 Å². The SMILES string of the molecule is CCC1COC(C)CN1S(=O)(=O)c1cc(CO)sc1C. The van der Waals surface area contributed by atoms with Crippen LogP contribution in [0.2, 0.25) is 0 Å². The Kier molecular flexibility index (Phi) is 4.86. The van der Waals surface area contributed by atoms with E-state index in [1.807, 2.05) is 13.8 Å². The first kappa shape index (κ1) is 15.9. The van der Waals surface area contributed by atoms with E-state index in [-0.39, 0.29) is 18.8 Å². The van der Waals surface area contributed by atoms with E-state index in [2.05, 4.69) is 0 Å². The highest BCUT2D eigenvalue weighted by Crippen LogP contribution is 2.31. The average molecular weight is 319 g/mol. The van der Waals surface area contributed by atoms with Crippen LogP contribution in [0.15, 0.2) is 11.0 Å². The summed E-state index contributed by atoms with van der Waals surface area (Å²) in [7, 11) is -3.52. The van der Waals surface area contributed by atoms with E-state index in [1.165, 1.54) is 11.3 Å². The lowest BCUT2D eigenvalue weighted by atomic mass is 10.2. The molecule has 0 aliphatic carbocycles. The summed E-state index contributed by atoms with van der Waals surface area (Å²) in [5.41, 5.74) is 0. The average Bonchev–Trinajstić information content (AvgIpc) is 2.80. The lowest BCUT2D eigenvalue weighted by Crippen LogP contribution is -2.51. The predicted octanol–water partition coefficient (Wildman–Crippen LogP) is 1.74. The minimum Gasteiger partial charge on any atom is -0.391 e. The molecular weight excluding hydrogens is 298 g/mol. The second-order valence-electron chi connectivity index (χ2n) is 5.07. The molecule has 20 heavy (non-hydrogen) atoms. The molecule has 0 saturated carbocycles. The third-order valence-corrected chi connectivity index (χ3v) is 6.76. The summed E-state index contributed by atoms with van der Waals surface area (Å²) in [6.07, 6.45) is 0.631. The predicted molar refractivity (Wildman–Crippen MR) is 78.4 cm³/mol. The van der Waals surface area contributed by atoms with Crippen LogP contribution < -0.4 is 0 Å². The molecule has 114 valence electrons. The van der Waals surface area contributed by atoms with Crippen molar-refractivity contribution in [1.82, 2.24) is 4.31 Å². The maximum Gasteiger partial charge on any atom is 0.244 e. The highest BCUT2D eigenvalue weighted by atomic mass is 32.2. The van der Waals surface area contributed by atoms with Gasteiger partial charge in [0.2, 0.25) is 10.0 Å². The van der Waals surface area contributed by atoms with Crippen molar-refractivity contribution in [1.29, 1.82) is 0 Å². The van der Waals surface area contributed by atoms with Gasteiger partial charge in [0.15, 0.2) is 0 Å². The lowest BCUT2D eigenvalue weighted by molar-refractivity contribution is -0.0230. The zero-order chi connectivity index (χ0) is 14.9. The summed E-state index contributed by atoms with van der Waals surface area (Å²) < 4.78 is 32.8. The molecule has 1 aromatic rings. The lowest BCUT2D eigenvalue weighted by Gasteiger charge is -2.37. The van der Waals surface area contributed by atoms with Crippen LogP contribution in [0.5, 0.6) is 0 Å². The van der Waals surface area contributed by atoms with Gasteiger partial charge in [0.1, 0.15) is 0 Å². The minimum absolute atomic E-state index is 0.0937. The Balaban J connectivity index is 2.39. The van der Waals surface area contributed by atoms with Gasteiger partial charge in [-0.25, -0.2) is 8.42 Å². The number of aryl methyl sites for hydroxylation is 1. The van der Waals surface area contributed by atoms with E-state index in [9.17, 15) is 13.5 Å². The van der Waals surface area contributed by atoms with Gasteiger partial charge in [0.25, 0.3) is 0 Å². The van der Waals surface area contributed by atoms with Crippen molar-refractivity contribution in [3.63, 3.8) is 0 Å². The number of sulfonamides is 1. The summed E-state index contributed by atoms with van der Waals surface area (Å²) in [5, 5.41) is 9.17. The third-order valence-electron chi connectivity index (χ3n) is 3.55. The van der Waals surface area contributed by atoms with Gasteiger partial charge in [0.05, 0.1) is 24.2 Å². The van der Waals surface area contributed by atoms with Gasteiger partial charge in [-0.1, -0.05) is 6.92 Å². The zero-order valence-corrected chi connectivity index (χ0v) is 13.6. The summed E-state index contributed by atoms with van der Waals surface area (Å²) in [6, 6.07) is 1.47. The zero-order valence-electron chi connectivity index (χ0n) is 12.0. The number of thiophene rings is 1. The molecule has 1 fully saturated rings. The van der Waals surface area contributed by atoms with Crippen LogP contribution in [0.3, 0.4) is 0 Å². The van der Waals surface area contributed by atoms with Gasteiger partial charge in [0, 0.05) is 22.3 Å². The van der Waals surface area contributed by atoms with Gasteiger partial charge in [-0.3, -0.25) is 0 Å². The summed E-state index contributed by atoms with van der Waals surface area (Å²) in [5.74, 6) is 0. The second kappa shape index (κ2) is 6.11. The molecular formula is C13H21NO4S2. The van der Waals surface area contributed by atoms with Gasteiger partial charge < -0.3 is 9.84 Å². The Morgan fingerprint density at radius 2 is 2.25 bits per heavy atom. The van der Waals surface area contributed by atoms with Crippen LogP contribution in [0.25, 0.3) is 0 Å². The van der Waals surface area contributed by atoms with Crippen molar-refractivity contribution in [2.75, 3.05) is 13.2 Å². The van der Waals surface area contributed by atoms with E-state index < -0.39 is 10.0 Å². The molecule has 1 aliphatic heterocycles. The summed E-state index contributed by atoms with van der Waals surface area (Å²) in [4.78, 5) is 1.72. The van der Waals surface area contributed by atoms with Gasteiger partial charge in [-0.15, -0.1) is 11.3 Å². The van der Waals surface area contributed by atoms with Crippen LogP contribution in [0.1, 0.15) is 30.0 Å². The Morgan fingerprint density at radius 1 is 1.55 bits per heavy atom. The van der Waals surface area contributed by atoms with Crippen molar-refractivity contribution in [2.45, 2.75) is 50.8 Å². The maximum atomic E-state index is 12.8. The monoisotopic (exact) mass is 319 g/mol. The molecule has 5 nitrogen and oxygen atoms in total. The van der Waals surface area contributed by atoms with E-state index in [1.54, 1.807) is 17.3 Å². The fourth-order valence-electron chi connectivity index (χ4n) is 2.41. The fourth-order valence-corrected chi connectivity index (χ4v) is 5.64. The summed E-state index contributed by atoms with van der Waals surface area (Å²) in [6.45, 7) is 6.32. The first-order chi connectivity index (χ1) is 9.40. The minimum atomic E-state index is -3.52. The largest absolute Gasteiger partial charge is 0.391 e. The summed E-state index contributed by atoms with van der Waals surface area (Å²) >= 11 is 1.33. The van der Waals surface area contributed by atoms with Crippen LogP contribution >= 0.6 is 11.3 Å². The normalized spacial score (nSPS) is 25.0. The maximum absolute atomic E-state index is 12.8. The highest BCUT2D eigenvalue weighted by Gasteiger charge is 2.36. The quantitative estimate of drug-likeness (QED) is 0.918. The van der Waals surface area contributed by atoms with Crippen LogP contribution in [-0.2, 0) is 21.4 Å². The molecule has 2 unspecified atom stereocenters. The fraction of sp³-hybridized carbons (Fsp3) is 0.692. The van der Waals surface area contributed by atoms with Gasteiger partial charge in [-0.05, 0) is 26.3 Å². The number of aliphatic hydroxyl groups is 1. The number of hydrogen-bond acceptors (Lipinski definition) is 5. The number of rotatable bonds is 4. The van der Waals surface area contributed by atoms with Gasteiger partial charge in [-0.2, -0.15) is 4.31 Å². The van der Waals surface area contributed by atoms with Crippen molar-refractivity contribution in [3.05, 3.63) is 15.8 Å². The molecule has 0 spiro atoms. The van der Waals surface area contributed by atoms with Crippen LogP contribution in [0.4, 0.5) is 0 Å². The van der Waals surface area contributed by atoms with Crippen molar-refractivity contribution < 1.29 is 18.3 Å². The second-order valence-corrected chi connectivity index (χ2v) is 8.27. The standard InChI is InChI=1S/C13H21NO4S2/c1-4-11-8-18-9(2)6-14(11)20(16,17)13-5-12(7-15)19-10(13)3/h5,9,11,15H,4,6-8H2,1-3H3. The molecule has 1 aliphatic rings. The molecule has 1 saturated heterocycles. The Labute approximate surface area is 124 Å². The molecule has 2 rings (SSSR count). The molecule has 1 N–H and O–H groups in total. The Morgan fingerprint density at radius 3 is 2.80 bits per heavy atom. The van der Waals surface area contributed by atoms with Crippen LogP contribution in [-0.4, -0.2) is 43.1 Å². The van der Waals surface area contributed by atoms with Gasteiger partial charge >= 0.3 is 0 Å². The third kappa shape index (κ3) is 2.92. The van der Waals surface area contributed by atoms with E-state index in [4.69, 9.17) is 4.74 Å². The number of aliphatic hydroxyl groups excluding tert-OH is 1. The smallest absolute Gasteiger partial charge is 0.244 e. The number of ether oxygens (including phenoxy) is 1. The van der Waals surface area contributed by atoms with E-state index in [0.717, 1.165) is 11.3 Å². The molecule has 0 aromatic carbocycles. The molecule has 7 heteroatoms.